The summed E-state index contributed by atoms with van der Waals surface area (Å²) in [5.41, 5.74) is 1.27. The predicted molar refractivity (Wildman–Crippen MR) is 92.8 cm³/mol. The van der Waals surface area contributed by atoms with E-state index in [9.17, 15) is 0 Å². The van der Waals surface area contributed by atoms with E-state index in [1.807, 2.05) is 6.20 Å². The maximum atomic E-state index is 4.64. The lowest BCUT2D eigenvalue weighted by Gasteiger charge is -2.24. The number of likely N-dealkylation sites (tertiary alicyclic amines) is 1. The predicted octanol–water partition coefficient (Wildman–Crippen LogP) is 2.73. The Kier molecular flexibility index (Phi) is 6.45. The van der Waals surface area contributed by atoms with Crippen LogP contribution in [0.5, 0.6) is 0 Å². The van der Waals surface area contributed by atoms with Crippen molar-refractivity contribution >= 4 is 21.7 Å². The van der Waals surface area contributed by atoms with Crippen molar-refractivity contribution in [2.24, 2.45) is 5.92 Å². The molecule has 2 rings (SSSR count). The summed E-state index contributed by atoms with van der Waals surface area (Å²) in [4.78, 5) is 9.38. The van der Waals surface area contributed by atoms with Crippen molar-refractivity contribution in [3.05, 3.63) is 22.3 Å². The van der Waals surface area contributed by atoms with Gasteiger partial charge in [-0.3, -0.25) is 0 Å². The first-order chi connectivity index (χ1) is 10.1. The average Bonchev–Trinajstić information content (AvgIpc) is 2.84. The maximum Gasteiger partial charge on any atom is 0.132 e. The molecule has 0 aliphatic carbocycles. The standard InChI is InChI=1S/C16H27BrN4/c1-4-6-18-9-14-8-15(17)10-19-16(14)21(3)12-13-5-7-20(2)11-13/h8,10,13,18H,4-7,9,11-12H2,1-3H3. The first-order valence-corrected chi connectivity index (χ1v) is 8.64. The van der Waals surface area contributed by atoms with E-state index < -0.39 is 0 Å². The molecule has 1 unspecified atom stereocenters. The molecule has 4 nitrogen and oxygen atoms in total. The molecule has 1 atom stereocenters. The molecule has 1 N–H and O–H groups in total. The van der Waals surface area contributed by atoms with Crippen LogP contribution >= 0.6 is 15.9 Å². The lowest BCUT2D eigenvalue weighted by molar-refractivity contribution is 0.395. The second-order valence-corrected chi connectivity index (χ2v) is 7.03. The Morgan fingerprint density at radius 1 is 1.52 bits per heavy atom. The number of hydrogen-bond acceptors (Lipinski definition) is 4. The summed E-state index contributed by atoms with van der Waals surface area (Å²) < 4.78 is 1.05. The first kappa shape index (κ1) is 16.7. The van der Waals surface area contributed by atoms with Crippen molar-refractivity contribution in [1.29, 1.82) is 0 Å². The third kappa shape index (κ3) is 4.94. The molecule has 2 heterocycles. The van der Waals surface area contributed by atoms with E-state index in [0.717, 1.165) is 42.3 Å². The van der Waals surface area contributed by atoms with Gasteiger partial charge in [-0.2, -0.15) is 0 Å². The van der Waals surface area contributed by atoms with E-state index in [0.29, 0.717) is 0 Å². The lowest BCUT2D eigenvalue weighted by Crippen LogP contribution is -2.29. The molecule has 0 radical (unpaired) electrons. The topological polar surface area (TPSA) is 31.4 Å². The van der Waals surface area contributed by atoms with Crippen molar-refractivity contribution in [2.45, 2.75) is 26.3 Å². The van der Waals surface area contributed by atoms with Crippen LogP contribution in [0, 0.1) is 5.92 Å². The van der Waals surface area contributed by atoms with E-state index in [1.54, 1.807) is 0 Å². The zero-order valence-corrected chi connectivity index (χ0v) is 15.0. The highest BCUT2D eigenvalue weighted by atomic mass is 79.9. The Morgan fingerprint density at radius 2 is 2.33 bits per heavy atom. The molecule has 1 aromatic heterocycles. The largest absolute Gasteiger partial charge is 0.359 e. The van der Waals surface area contributed by atoms with Gasteiger partial charge in [0, 0.05) is 42.9 Å². The summed E-state index contributed by atoms with van der Waals surface area (Å²) in [6.07, 6.45) is 4.34. The van der Waals surface area contributed by atoms with E-state index in [4.69, 9.17) is 0 Å². The Hall–Kier alpha value is -0.650. The summed E-state index contributed by atoms with van der Waals surface area (Å²) in [7, 11) is 4.37. The first-order valence-electron chi connectivity index (χ1n) is 7.85. The smallest absolute Gasteiger partial charge is 0.132 e. The molecule has 1 aliphatic heterocycles. The second kappa shape index (κ2) is 8.11. The fourth-order valence-corrected chi connectivity index (χ4v) is 3.38. The van der Waals surface area contributed by atoms with Gasteiger partial charge in [-0.25, -0.2) is 4.98 Å². The number of nitrogens with one attached hydrogen (secondary N) is 1. The zero-order chi connectivity index (χ0) is 15.2. The maximum absolute atomic E-state index is 4.64. The highest BCUT2D eigenvalue weighted by Gasteiger charge is 2.22. The molecule has 0 spiro atoms. The summed E-state index contributed by atoms with van der Waals surface area (Å²) >= 11 is 3.54. The van der Waals surface area contributed by atoms with Crippen LogP contribution in [-0.2, 0) is 6.54 Å². The average molecular weight is 355 g/mol. The number of rotatable bonds is 7. The van der Waals surface area contributed by atoms with Crippen molar-refractivity contribution < 1.29 is 0 Å². The number of pyridine rings is 1. The van der Waals surface area contributed by atoms with Gasteiger partial charge in [0.2, 0.25) is 0 Å². The molecular formula is C16H27BrN4. The van der Waals surface area contributed by atoms with Gasteiger partial charge in [-0.05, 0) is 60.9 Å². The van der Waals surface area contributed by atoms with Crippen LogP contribution in [0.3, 0.4) is 0 Å². The Bertz CT molecular complexity index is 452. The summed E-state index contributed by atoms with van der Waals surface area (Å²) in [6.45, 7) is 7.62. The number of aromatic nitrogens is 1. The highest BCUT2D eigenvalue weighted by Crippen LogP contribution is 2.23. The summed E-state index contributed by atoms with van der Waals surface area (Å²) in [5, 5.41) is 3.48. The third-order valence-electron chi connectivity index (χ3n) is 4.03. The lowest BCUT2D eigenvalue weighted by atomic mass is 10.1. The molecule has 1 aliphatic rings. The van der Waals surface area contributed by atoms with Crippen LogP contribution in [0.4, 0.5) is 5.82 Å². The SMILES string of the molecule is CCCNCc1cc(Br)cnc1N(C)CC1CCN(C)C1. The van der Waals surface area contributed by atoms with Crippen LogP contribution < -0.4 is 10.2 Å². The van der Waals surface area contributed by atoms with Gasteiger partial charge < -0.3 is 15.1 Å². The van der Waals surface area contributed by atoms with Gasteiger partial charge in [0.1, 0.15) is 5.82 Å². The molecule has 1 saturated heterocycles. The normalized spacial score (nSPS) is 19.1. The Balaban J connectivity index is 2.02. The van der Waals surface area contributed by atoms with Gasteiger partial charge >= 0.3 is 0 Å². The van der Waals surface area contributed by atoms with Crippen molar-refractivity contribution in [2.75, 3.05) is 45.2 Å². The van der Waals surface area contributed by atoms with Crippen LogP contribution in [0.15, 0.2) is 16.7 Å². The fraction of sp³-hybridized carbons (Fsp3) is 0.688. The molecule has 0 aromatic carbocycles. The van der Waals surface area contributed by atoms with Crippen molar-refractivity contribution in [1.82, 2.24) is 15.2 Å². The van der Waals surface area contributed by atoms with Crippen LogP contribution in [0.25, 0.3) is 0 Å². The van der Waals surface area contributed by atoms with Gasteiger partial charge in [-0.1, -0.05) is 6.92 Å². The minimum Gasteiger partial charge on any atom is -0.359 e. The van der Waals surface area contributed by atoms with Gasteiger partial charge in [0.15, 0.2) is 0 Å². The fourth-order valence-electron chi connectivity index (χ4n) is 3.00. The van der Waals surface area contributed by atoms with Crippen LogP contribution in [-0.4, -0.2) is 50.2 Å². The van der Waals surface area contributed by atoms with Crippen molar-refractivity contribution in [3.8, 4) is 0 Å². The monoisotopic (exact) mass is 354 g/mol. The summed E-state index contributed by atoms with van der Waals surface area (Å²) in [6, 6.07) is 2.18. The number of anilines is 1. The van der Waals surface area contributed by atoms with Gasteiger partial charge in [-0.15, -0.1) is 0 Å². The minimum atomic E-state index is 0.752. The molecule has 21 heavy (non-hydrogen) atoms. The summed E-state index contributed by atoms with van der Waals surface area (Å²) in [5.74, 6) is 1.86. The number of nitrogens with zero attached hydrogens (tertiary/aromatic N) is 3. The Labute approximate surface area is 137 Å². The molecule has 1 aromatic rings. The van der Waals surface area contributed by atoms with Crippen LogP contribution in [0.2, 0.25) is 0 Å². The van der Waals surface area contributed by atoms with Gasteiger partial charge in [0.25, 0.3) is 0 Å². The molecule has 118 valence electrons. The minimum absolute atomic E-state index is 0.752. The quantitative estimate of drug-likeness (QED) is 0.762. The molecular weight excluding hydrogens is 328 g/mol. The van der Waals surface area contributed by atoms with Gasteiger partial charge in [0.05, 0.1) is 0 Å². The molecule has 0 saturated carbocycles. The molecule has 5 heteroatoms. The van der Waals surface area contributed by atoms with Crippen molar-refractivity contribution in [3.63, 3.8) is 0 Å². The third-order valence-corrected chi connectivity index (χ3v) is 4.47. The number of hydrogen-bond donors (Lipinski definition) is 1. The van der Waals surface area contributed by atoms with E-state index in [1.165, 1.54) is 25.1 Å². The highest BCUT2D eigenvalue weighted by molar-refractivity contribution is 9.10. The second-order valence-electron chi connectivity index (χ2n) is 6.11. The number of halogens is 1. The Morgan fingerprint density at radius 3 is 3.00 bits per heavy atom. The molecule has 0 amide bonds. The van der Waals surface area contributed by atoms with E-state index in [-0.39, 0.29) is 0 Å². The molecule has 1 fully saturated rings. The zero-order valence-electron chi connectivity index (χ0n) is 13.4. The molecule has 0 bridgehead atoms. The van der Waals surface area contributed by atoms with E-state index in [2.05, 4.69) is 63.1 Å². The van der Waals surface area contributed by atoms with E-state index >= 15 is 0 Å². The van der Waals surface area contributed by atoms with Crippen LogP contribution in [0.1, 0.15) is 25.3 Å².